The highest BCUT2D eigenvalue weighted by Gasteiger charge is 2.22. The van der Waals surface area contributed by atoms with Gasteiger partial charge in [0.1, 0.15) is 5.70 Å². The lowest BCUT2D eigenvalue weighted by molar-refractivity contribution is -0.111. The van der Waals surface area contributed by atoms with Gasteiger partial charge in [-0.25, -0.2) is 0 Å². The van der Waals surface area contributed by atoms with Crippen LogP contribution in [0.1, 0.15) is 12.5 Å². The number of hydrogen-bond acceptors (Lipinski definition) is 3. The summed E-state index contributed by atoms with van der Waals surface area (Å²) >= 11 is 3.44. The molecule has 0 aliphatic carbocycles. The topological polar surface area (TPSA) is 38.3 Å². The summed E-state index contributed by atoms with van der Waals surface area (Å²) in [5, 5.41) is 2.96. The molecule has 88 valence electrons. The molecule has 2 rings (SSSR count). The van der Waals surface area contributed by atoms with Gasteiger partial charge < -0.3 is 10.1 Å². The number of ether oxygens (including phenoxy) is 1. The molecular formula is C13H12BrNO2. The molecule has 0 atom stereocenters. The van der Waals surface area contributed by atoms with Crippen LogP contribution in [0.15, 0.2) is 48.0 Å². The molecular weight excluding hydrogens is 282 g/mol. The van der Waals surface area contributed by atoms with E-state index in [1.807, 2.05) is 37.3 Å². The number of carbonyl (C=O) groups excluding carboxylic acids is 1. The van der Waals surface area contributed by atoms with Gasteiger partial charge >= 0.3 is 0 Å². The molecule has 0 aromatic heterocycles. The van der Waals surface area contributed by atoms with Gasteiger partial charge in [0.2, 0.25) is 5.78 Å². The van der Waals surface area contributed by atoms with Gasteiger partial charge in [0.15, 0.2) is 5.88 Å². The normalized spacial score (nSPS) is 17.5. The van der Waals surface area contributed by atoms with E-state index in [1.54, 1.807) is 0 Å². The first-order chi connectivity index (χ1) is 8.22. The van der Waals surface area contributed by atoms with Crippen molar-refractivity contribution in [3.63, 3.8) is 0 Å². The van der Waals surface area contributed by atoms with Crippen molar-refractivity contribution < 1.29 is 9.53 Å². The number of halogens is 1. The molecule has 3 nitrogen and oxygen atoms in total. The van der Waals surface area contributed by atoms with Crippen LogP contribution in [0.4, 0.5) is 0 Å². The Morgan fingerprint density at radius 2 is 2.06 bits per heavy atom. The predicted molar refractivity (Wildman–Crippen MR) is 70.1 cm³/mol. The van der Waals surface area contributed by atoms with Crippen LogP contribution in [0.3, 0.4) is 0 Å². The maximum atomic E-state index is 11.8. The minimum atomic E-state index is -0.0795. The van der Waals surface area contributed by atoms with Crippen LogP contribution < -0.4 is 5.32 Å². The Hall–Kier alpha value is -1.55. The highest BCUT2D eigenvalue weighted by Crippen LogP contribution is 2.27. The fraction of sp³-hybridized carbons (Fsp3) is 0.154. The lowest BCUT2D eigenvalue weighted by atomic mass is 10.2. The zero-order chi connectivity index (χ0) is 12.3. The van der Waals surface area contributed by atoms with Crippen LogP contribution in [0.25, 0.3) is 4.48 Å². The monoisotopic (exact) mass is 293 g/mol. The standard InChI is InChI=1S/C13H12BrNO2/c1-2-17-11-8-10(16)13(15-11)12(14)9-6-4-3-5-7-9/h3-8,15H,2H2,1H3/b13-12-. The van der Waals surface area contributed by atoms with Crippen LogP contribution in [-0.4, -0.2) is 12.4 Å². The second kappa shape index (κ2) is 5.19. The molecule has 1 N–H and O–H groups in total. The first-order valence-corrected chi connectivity index (χ1v) is 6.12. The molecule has 1 heterocycles. The van der Waals surface area contributed by atoms with E-state index in [1.165, 1.54) is 6.08 Å². The van der Waals surface area contributed by atoms with Gasteiger partial charge in [-0.05, 0) is 28.4 Å². The quantitative estimate of drug-likeness (QED) is 0.871. The highest BCUT2D eigenvalue weighted by molar-refractivity contribution is 9.15. The lowest BCUT2D eigenvalue weighted by Crippen LogP contribution is -2.12. The number of ketones is 1. The maximum Gasteiger partial charge on any atom is 0.208 e. The number of nitrogens with one attached hydrogen (secondary N) is 1. The van der Waals surface area contributed by atoms with Crippen molar-refractivity contribution >= 4 is 26.2 Å². The Kier molecular flexibility index (Phi) is 3.64. The van der Waals surface area contributed by atoms with E-state index in [0.29, 0.717) is 18.2 Å². The van der Waals surface area contributed by atoms with Crippen LogP contribution in [0.5, 0.6) is 0 Å². The first kappa shape index (κ1) is 11.9. The average molecular weight is 294 g/mol. The van der Waals surface area contributed by atoms with Gasteiger partial charge in [0.05, 0.1) is 11.1 Å². The third-order valence-corrected chi connectivity index (χ3v) is 3.16. The molecule has 4 heteroatoms. The zero-order valence-corrected chi connectivity index (χ0v) is 11.0. The predicted octanol–water partition coefficient (Wildman–Crippen LogP) is 2.80. The van der Waals surface area contributed by atoms with Gasteiger partial charge in [-0.3, -0.25) is 4.79 Å². The molecule has 17 heavy (non-hydrogen) atoms. The lowest BCUT2D eigenvalue weighted by Gasteiger charge is -2.07. The van der Waals surface area contributed by atoms with E-state index in [9.17, 15) is 4.79 Å². The molecule has 0 bridgehead atoms. The summed E-state index contributed by atoms with van der Waals surface area (Å²) in [6.07, 6.45) is 1.46. The molecule has 0 fully saturated rings. The smallest absolute Gasteiger partial charge is 0.208 e. The van der Waals surface area contributed by atoms with E-state index in [-0.39, 0.29) is 5.78 Å². The summed E-state index contributed by atoms with van der Waals surface area (Å²) in [7, 11) is 0. The van der Waals surface area contributed by atoms with Crippen molar-refractivity contribution in [1.82, 2.24) is 5.32 Å². The molecule has 1 aliphatic heterocycles. The van der Waals surface area contributed by atoms with Gasteiger partial charge in [-0.15, -0.1) is 0 Å². The zero-order valence-electron chi connectivity index (χ0n) is 9.37. The van der Waals surface area contributed by atoms with Gasteiger partial charge in [0, 0.05) is 6.08 Å². The van der Waals surface area contributed by atoms with E-state index < -0.39 is 0 Å². The van der Waals surface area contributed by atoms with Gasteiger partial charge in [-0.2, -0.15) is 0 Å². The highest BCUT2D eigenvalue weighted by atomic mass is 79.9. The second-order valence-electron chi connectivity index (χ2n) is 3.49. The van der Waals surface area contributed by atoms with Crippen molar-refractivity contribution in [2.45, 2.75) is 6.92 Å². The van der Waals surface area contributed by atoms with Crippen molar-refractivity contribution in [1.29, 1.82) is 0 Å². The summed E-state index contributed by atoms with van der Waals surface area (Å²) in [5.41, 5.74) is 1.47. The maximum absolute atomic E-state index is 11.8. The molecule has 0 amide bonds. The van der Waals surface area contributed by atoms with Crippen LogP contribution in [-0.2, 0) is 9.53 Å². The van der Waals surface area contributed by atoms with Crippen molar-refractivity contribution in [2.24, 2.45) is 0 Å². The summed E-state index contributed by atoms with van der Waals surface area (Å²) in [6.45, 7) is 2.41. The number of carbonyl (C=O) groups is 1. The van der Waals surface area contributed by atoms with Crippen molar-refractivity contribution in [3.8, 4) is 0 Å². The largest absolute Gasteiger partial charge is 0.479 e. The number of rotatable bonds is 3. The van der Waals surface area contributed by atoms with Crippen LogP contribution >= 0.6 is 15.9 Å². The van der Waals surface area contributed by atoms with E-state index in [2.05, 4.69) is 21.2 Å². The van der Waals surface area contributed by atoms with E-state index >= 15 is 0 Å². The van der Waals surface area contributed by atoms with Gasteiger partial charge in [-0.1, -0.05) is 30.3 Å². The summed E-state index contributed by atoms with van der Waals surface area (Å²) < 4.78 is 6.01. The Labute approximate surface area is 108 Å². The molecule has 1 aromatic rings. The fourth-order valence-electron chi connectivity index (χ4n) is 1.54. The molecule has 0 unspecified atom stereocenters. The SMILES string of the molecule is CCOC1=CC(=O)/C(=C(/Br)c2ccccc2)N1. The number of benzene rings is 1. The van der Waals surface area contributed by atoms with Crippen LogP contribution in [0, 0.1) is 0 Å². The third kappa shape index (κ3) is 2.58. The van der Waals surface area contributed by atoms with Gasteiger partial charge in [0.25, 0.3) is 0 Å². The summed E-state index contributed by atoms with van der Waals surface area (Å²) in [4.78, 5) is 11.8. The molecule has 0 radical (unpaired) electrons. The minimum absolute atomic E-state index is 0.0795. The molecule has 1 aliphatic rings. The average Bonchev–Trinajstić information content (AvgIpc) is 2.71. The van der Waals surface area contributed by atoms with E-state index in [0.717, 1.165) is 10.0 Å². The molecule has 0 saturated heterocycles. The second-order valence-corrected chi connectivity index (χ2v) is 4.28. The molecule has 0 saturated carbocycles. The van der Waals surface area contributed by atoms with Crippen LogP contribution in [0.2, 0.25) is 0 Å². The summed E-state index contributed by atoms with van der Waals surface area (Å²) in [5.74, 6) is 0.421. The molecule has 0 spiro atoms. The Bertz CT molecular complexity index is 491. The molecule has 1 aromatic carbocycles. The number of hydrogen-bond donors (Lipinski definition) is 1. The Morgan fingerprint density at radius 3 is 2.71 bits per heavy atom. The summed E-state index contributed by atoms with van der Waals surface area (Å²) in [6, 6.07) is 9.65. The Morgan fingerprint density at radius 1 is 1.35 bits per heavy atom. The van der Waals surface area contributed by atoms with Crippen molar-refractivity contribution in [3.05, 3.63) is 53.6 Å². The Balaban J connectivity index is 2.27. The number of allylic oxidation sites excluding steroid dienone is 1. The van der Waals surface area contributed by atoms with E-state index in [4.69, 9.17) is 4.74 Å². The van der Waals surface area contributed by atoms with Crippen molar-refractivity contribution in [2.75, 3.05) is 6.61 Å². The third-order valence-electron chi connectivity index (χ3n) is 2.30. The fourth-order valence-corrected chi connectivity index (χ4v) is 2.10. The minimum Gasteiger partial charge on any atom is -0.479 e. The first-order valence-electron chi connectivity index (χ1n) is 5.33.